The first-order chi connectivity index (χ1) is 29.9. The van der Waals surface area contributed by atoms with Crippen molar-refractivity contribution >= 4 is 0 Å². The Morgan fingerprint density at radius 2 is 0.603 bits per heavy atom. The summed E-state index contributed by atoms with van der Waals surface area (Å²) in [7, 11) is 0. The third-order valence-corrected chi connectivity index (χ3v) is 11.7. The summed E-state index contributed by atoms with van der Waals surface area (Å²) in [5, 5.41) is 189. The van der Waals surface area contributed by atoms with Gasteiger partial charge in [-0.2, -0.15) is 0 Å². The average molecular weight is 931 g/mol. The molecule has 18 N–H and O–H groups in total. The molecule has 1 unspecified atom stereocenters. The van der Waals surface area contributed by atoms with Crippen molar-refractivity contribution in [2.75, 3.05) is 39.6 Å². The highest BCUT2D eigenvalue weighted by atomic mass is 16.8. The number of aliphatic hydroxyl groups is 18. The number of aliphatic hydroxyl groups excluding tert-OH is 18. The van der Waals surface area contributed by atoms with E-state index in [0.717, 1.165) is 0 Å². The smallest absolute Gasteiger partial charge is 0.187 e. The maximum atomic E-state index is 11.8. The topological polar surface area (TPSA) is 466 Å². The molecule has 6 rings (SSSR count). The first-order valence-corrected chi connectivity index (χ1v) is 20.0. The van der Waals surface area contributed by atoms with Gasteiger partial charge in [0.15, 0.2) is 37.7 Å². The van der Waals surface area contributed by atoms with E-state index >= 15 is 0 Å². The zero-order valence-electron chi connectivity index (χ0n) is 32.9. The minimum atomic E-state index is -2.23. The summed E-state index contributed by atoms with van der Waals surface area (Å²) < 4.78 is 61.0. The molecule has 0 aliphatic carbocycles. The lowest BCUT2D eigenvalue weighted by Crippen LogP contribution is -2.68. The van der Waals surface area contributed by atoms with E-state index in [1.54, 1.807) is 0 Å². The molecule has 28 atom stereocenters. The van der Waals surface area contributed by atoms with Crippen LogP contribution in [0.15, 0.2) is 0 Å². The van der Waals surface area contributed by atoms with Crippen LogP contribution in [0.5, 0.6) is 0 Å². The van der Waals surface area contributed by atoms with Crippen molar-refractivity contribution in [3.63, 3.8) is 0 Å². The summed E-state index contributed by atoms with van der Waals surface area (Å²) in [6.07, 6.45) is -51.7. The zero-order valence-corrected chi connectivity index (χ0v) is 32.9. The van der Waals surface area contributed by atoms with Crippen LogP contribution in [0.4, 0.5) is 0 Å². The molecule has 6 fully saturated rings. The monoisotopic (exact) mass is 930 g/mol. The number of hydrogen-bond donors (Lipinski definition) is 18. The minimum Gasteiger partial charge on any atom is -0.394 e. The van der Waals surface area contributed by atoms with Crippen molar-refractivity contribution in [2.45, 2.75) is 172 Å². The molecule has 0 bridgehead atoms. The van der Waals surface area contributed by atoms with E-state index in [9.17, 15) is 91.9 Å². The third-order valence-electron chi connectivity index (χ3n) is 11.7. The van der Waals surface area contributed by atoms with Gasteiger partial charge in [0.25, 0.3) is 0 Å². The van der Waals surface area contributed by atoms with Crippen LogP contribution in [0.3, 0.4) is 0 Å². The van der Waals surface area contributed by atoms with Crippen molar-refractivity contribution in [1.29, 1.82) is 0 Å². The molecule has 0 aromatic rings. The molecule has 0 spiro atoms. The fraction of sp³-hybridized carbons (Fsp3) is 1.00. The van der Waals surface area contributed by atoms with E-state index in [0.29, 0.717) is 0 Å². The van der Waals surface area contributed by atoms with Gasteiger partial charge in [0, 0.05) is 0 Å². The normalized spacial score (nSPS) is 53.2. The molecule has 0 amide bonds. The van der Waals surface area contributed by atoms with Gasteiger partial charge >= 0.3 is 0 Å². The average Bonchev–Trinajstić information content (AvgIpc) is 3.71. The first kappa shape index (κ1) is 51.2. The van der Waals surface area contributed by atoms with Crippen LogP contribution < -0.4 is 0 Å². The molecular formula is C34H58O29. The standard InChI is InChI=1S/C34H58O29/c35-1-7-13(40)18(45)21(48)32(56-7)63-28-24(51)34(59-11(5-39)25(28)60-31-20(47)15(42)9(3-37)57-31)62-27-16(43)10(4-38)58-33(23(27)50)61-26-17(44)12(54-29(52)22(26)49)6-53-30-19(46)14(41)8(2-36)55-30/h7-52H,1-6H2/t7-,8-,9-,10-,11-,12-,13-,14-,15-,16-,17-,18+,19+,20+,21-,22-,23-,24-,25-,26+,27+,28-,29?,30+,31-,32+,33+,34+/m1/s1. The SMILES string of the molecule is OC[C@H]1O[C@@H](O[C@@H]2[C@@H](O)[C@H](O[C@@H]3[C@@H](O)[C@H](O[C@H]4[C@H](O)[C@@H](CO[C@H]5O[C@H](CO)[C@@H](O)[C@@H]5O)OC(O)[C@@H]4O)O[C@H](CO)[C@H]3O)O[C@H](CO)[C@H]2O[C@H]2O[C@H](CO)[C@@H](O)[C@@H]2O)[C@H](O)[C@@H](O)[C@@H]1O. The fourth-order valence-corrected chi connectivity index (χ4v) is 7.98. The molecule has 0 radical (unpaired) electrons. The van der Waals surface area contributed by atoms with E-state index in [4.69, 9.17) is 52.1 Å². The second-order valence-electron chi connectivity index (χ2n) is 15.8. The van der Waals surface area contributed by atoms with E-state index in [-0.39, 0.29) is 0 Å². The molecule has 6 saturated heterocycles. The fourth-order valence-electron chi connectivity index (χ4n) is 7.98. The molecule has 0 saturated carbocycles. The predicted molar refractivity (Wildman–Crippen MR) is 187 cm³/mol. The summed E-state index contributed by atoms with van der Waals surface area (Å²) in [6.45, 7) is -5.11. The van der Waals surface area contributed by atoms with E-state index < -0.39 is 212 Å². The lowest BCUT2D eigenvalue weighted by molar-refractivity contribution is -0.397. The molecule has 29 heteroatoms. The Bertz CT molecular complexity index is 1410. The molecule has 6 aliphatic heterocycles. The largest absolute Gasteiger partial charge is 0.394 e. The molecule has 368 valence electrons. The zero-order chi connectivity index (χ0) is 46.2. The van der Waals surface area contributed by atoms with Crippen LogP contribution in [0.25, 0.3) is 0 Å². The van der Waals surface area contributed by atoms with Crippen molar-refractivity contribution in [3.05, 3.63) is 0 Å². The van der Waals surface area contributed by atoms with Crippen LogP contribution in [-0.2, 0) is 52.1 Å². The quantitative estimate of drug-likeness (QED) is 0.0683. The summed E-state index contributed by atoms with van der Waals surface area (Å²) in [6, 6.07) is 0. The summed E-state index contributed by atoms with van der Waals surface area (Å²) in [5.74, 6) is 0. The highest BCUT2D eigenvalue weighted by molar-refractivity contribution is 5.00. The van der Waals surface area contributed by atoms with Crippen LogP contribution >= 0.6 is 0 Å². The molecule has 0 aromatic heterocycles. The summed E-state index contributed by atoms with van der Waals surface area (Å²) in [4.78, 5) is 0. The van der Waals surface area contributed by atoms with Gasteiger partial charge in [-0.3, -0.25) is 0 Å². The van der Waals surface area contributed by atoms with Gasteiger partial charge in [-0.1, -0.05) is 0 Å². The Labute approximate surface area is 355 Å². The van der Waals surface area contributed by atoms with Gasteiger partial charge in [0.2, 0.25) is 0 Å². The Morgan fingerprint density at radius 1 is 0.270 bits per heavy atom. The second-order valence-corrected chi connectivity index (χ2v) is 15.8. The van der Waals surface area contributed by atoms with Gasteiger partial charge in [-0.15, -0.1) is 0 Å². The number of ether oxygens (including phenoxy) is 11. The lowest BCUT2D eigenvalue weighted by Gasteiger charge is -2.50. The van der Waals surface area contributed by atoms with Gasteiger partial charge < -0.3 is 144 Å². The summed E-state index contributed by atoms with van der Waals surface area (Å²) in [5.41, 5.74) is 0. The van der Waals surface area contributed by atoms with E-state index in [1.165, 1.54) is 0 Å². The maximum Gasteiger partial charge on any atom is 0.187 e. The number of rotatable bonds is 16. The van der Waals surface area contributed by atoms with Crippen molar-refractivity contribution in [2.24, 2.45) is 0 Å². The highest BCUT2D eigenvalue weighted by Crippen LogP contribution is 2.37. The molecule has 6 aliphatic rings. The Morgan fingerprint density at radius 3 is 1.11 bits per heavy atom. The van der Waals surface area contributed by atoms with Gasteiger partial charge in [-0.25, -0.2) is 0 Å². The lowest BCUT2D eigenvalue weighted by atomic mass is 9.95. The van der Waals surface area contributed by atoms with Crippen molar-refractivity contribution in [1.82, 2.24) is 0 Å². The number of hydrogen-bond acceptors (Lipinski definition) is 29. The Kier molecular flexibility index (Phi) is 17.8. The highest BCUT2D eigenvalue weighted by Gasteiger charge is 2.57. The van der Waals surface area contributed by atoms with Gasteiger partial charge in [0.05, 0.1) is 39.6 Å². The van der Waals surface area contributed by atoms with Crippen molar-refractivity contribution < 1.29 is 144 Å². The van der Waals surface area contributed by atoms with Crippen LogP contribution in [0.2, 0.25) is 0 Å². The molecule has 0 aromatic carbocycles. The van der Waals surface area contributed by atoms with Gasteiger partial charge in [0.1, 0.15) is 134 Å². The predicted octanol–water partition coefficient (Wildman–Crippen LogP) is -12.8. The first-order valence-electron chi connectivity index (χ1n) is 20.0. The summed E-state index contributed by atoms with van der Waals surface area (Å²) >= 11 is 0. The second kappa shape index (κ2) is 21.9. The molecule has 6 heterocycles. The Balaban J connectivity index is 1.21. The molecule has 63 heavy (non-hydrogen) atoms. The van der Waals surface area contributed by atoms with Crippen LogP contribution in [-0.4, -0.2) is 304 Å². The third kappa shape index (κ3) is 10.5. The van der Waals surface area contributed by atoms with Crippen molar-refractivity contribution in [3.8, 4) is 0 Å². The molecular weight excluding hydrogens is 872 g/mol. The molecule has 29 nitrogen and oxygen atoms in total. The minimum absolute atomic E-state index is 0.683. The van der Waals surface area contributed by atoms with E-state index in [1.807, 2.05) is 0 Å². The van der Waals surface area contributed by atoms with Gasteiger partial charge in [-0.05, 0) is 0 Å². The maximum absolute atomic E-state index is 11.8. The van der Waals surface area contributed by atoms with E-state index in [2.05, 4.69) is 0 Å². The Hall–Kier alpha value is -1.16. The van der Waals surface area contributed by atoms with Crippen LogP contribution in [0.1, 0.15) is 0 Å². The van der Waals surface area contributed by atoms with Crippen LogP contribution in [0, 0.1) is 0 Å².